The number of amides is 3. The quantitative estimate of drug-likeness (QED) is 0.443. The van der Waals surface area contributed by atoms with E-state index < -0.39 is 29.2 Å². The molecule has 0 fully saturated rings. The van der Waals surface area contributed by atoms with Gasteiger partial charge in [-0.25, -0.2) is 4.79 Å². The van der Waals surface area contributed by atoms with Crippen molar-refractivity contribution in [2.45, 2.75) is 71.4 Å². The topological polar surface area (TPSA) is 119 Å². The number of benzene rings is 2. The molecule has 0 saturated heterocycles. The minimum absolute atomic E-state index is 0.214. The molecule has 0 radical (unpaired) electrons. The number of carbonyl (C=O) groups excluding carboxylic acids is 3. The van der Waals surface area contributed by atoms with Gasteiger partial charge in [-0.2, -0.15) is 0 Å². The van der Waals surface area contributed by atoms with Crippen molar-refractivity contribution in [3.05, 3.63) is 65.9 Å². The molecule has 196 valence electrons. The van der Waals surface area contributed by atoms with Gasteiger partial charge >= 0.3 is 6.09 Å². The van der Waals surface area contributed by atoms with Crippen molar-refractivity contribution in [3.8, 4) is 0 Å². The van der Waals surface area contributed by atoms with E-state index in [1.165, 1.54) is 0 Å². The van der Waals surface area contributed by atoms with Gasteiger partial charge in [-0.1, -0.05) is 24.3 Å². The molecule has 2 heterocycles. The largest absolute Gasteiger partial charge is 0.444 e. The van der Waals surface area contributed by atoms with E-state index in [4.69, 9.17) is 10.5 Å². The van der Waals surface area contributed by atoms with Crippen LogP contribution in [0.15, 0.2) is 54.7 Å². The molecule has 4 N–H and O–H groups in total. The number of nitrogen functional groups attached to an aromatic ring is 1. The minimum Gasteiger partial charge on any atom is -0.444 e. The Balaban J connectivity index is 1.56. The van der Waals surface area contributed by atoms with Crippen LogP contribution in [-0.2, 0) is 34.0 Å². The molecular formula is C28H35N5O4. The van der Waals surface area contributed by atoms with Gasteiger partial charge < -0.3 is 30.6 Å². The maximum atomic E-state index is 13.8. The van der Waals surface area contributed by atoms with Crippen LogP contribution in [0, 0.1) is 0 Å². The van der Waals surface area contributed by atoms with Crippen LogP contribution < -0.4 is 16.4 Å². The average Bonchev–Trinajstić information content (AvgIpc) is 3.40. The average molecular weight is 506 g/mol. The van der Waals surface area contributed by atoms with Crippen LogP contribution in [-0.4, -0.2) is 44.6 Å². The summed E-state index contributed by atoms with van der Waals surface area (Å²) in [5.74, 6) is -0.705. The van der Waals surface area contributed by atoms with Crippen LogP contribution in [0.4, 0.5) is 10.5 Å². The van der Waals surface area contributed by atoms with Gasteiger partial charge in [0.25, 0.3) is 0 Å². The summed E-state index contributed by atoms with van der Waals surface area (Å²) < 4.78 is 7.27. The number of nitrogens with two attached hydrogens (primary N) is 1. The van der Waals surface area contributed by atoms with E-state index in [0.717, 1.165) is 22.0 Å². The Morgan fingerprint density at radius 1 is 1.00 bits per heavy atom. The first-order valence-corrected chi connectivity index (χ1v) is 12.3. The van der Waals surface area contributed by atoms with Crippen LogP contribution in [0.5, 0.6) is 0 Å². The van der Waals surface area contributed by atoms with E-state index in [2.05, 4.69) is 10.6 Å². The summed E-state index contributed by atoms with van der Waals surface area (Å²) in [7, 11) is 0. The molecule has 1 aliphatic rings. The molecule has 3 aromatic rings. The second-order valence-electron chi connectivity index (χ2n) is 11.0. The number of nitrogens with zero attached hydrogens (tertiary/aromatic N) is 2. The third-order valence-corrected chi connectivity index (χ3v) is 6.31. The fourth-order valence-corrected chi connectivity index (χ4v) is 4.43. The molecule has 0 bridgehead atoms. The second kappa shape index (κ2) is 9.80. The molecule has 1 aromatic heterocycles. The number of aromatic nitrogens is 1. The molecule has 9 heteroatoms. The van der Waals surface area contributed by atoms with Gasteiger partial charge in [0.1, 0.15) is 17.2 Å². The molecule has 3 amide bonds. The summed E-state index contributed by atoms with van der Waals surface area (Å²) in [6.45, 7) is 9.48. The zero-order valence-corrected chi connectivity index (χ0v) is 22.0. The first-order valence-electron chi connectivity index (χ1n) is 12.3. The molecule has 0 aliphatic carbocycles. The van der Waals surface area contributed by atoms with Crippen molar-refractivity contribution in [3.63, 3.8) is 0 Å². The SMILES string of the molecule is CC(C)(C)OC(=O)NC(C)(C)C(=O)N[C@H](Cn1ccc2ccccc21)C(=O)N1Cc2ccc(N)cc2C1. The highest BCUT2D eigenvalue weighted by atomic mass is 16.6. The van der Waals surface area contributed by atoms with Gasteiger partial charge in [-0.3, -0.25) is 9.59 Å². The number of anilines is 1. The number of hydrogen-bond acceptors (Lipinski definition) is 5. The highest BCUT2D eigenvalue weighted by Crippen LogP contribution is 2.26. The zero-order chi connectivity index (χ0) is 27.0. The number of fused-ring (bicyclic) bond motifs is 2. The van der Waals surface area contributed by atoms with Gasteiger partial charge in [0.15, 0.2) is 0 Å². The number of rotatable bonds is 6. The van der Waals surface area contributed by atoms with Crippen molar-refractivity contribution in [2.75, 3.05) is 5.73 Å². The van der Waals surface area contributed by atoms with Crippen molar-refractivity contribution in [1.29, 1.82) is 0 Å². The second-order valence-corrected chi connectivity index (χ2v) is 11.0. The zero-order valence-electron chi connectivity index (χ0n) is 22.0. The molecule has 4 rings (SSSR count). The summed E-state index contributed by atoms with van der Waals surface area (Å²) in [5.41, 5.74) is 7.54. The standard InChI is InChI=1S/C28H35N5O4/c1-27(2,3)37-26(36)31-28(4,5)25(35)30-22(17-32-13-12-18-8-6-7-9-23(18)32)24(34)33-15-19-10-11-21(29)14-20(19)16-33/h6-14,22H,15-17,29H2,1-5H3,(H,30,35)(H,31,36)/t22-/m1/s1. The Kier molecular flexibility index (Phi) is 6.90. The van der Waals surface area contributed by atoms with E-state index in [9.17, 15) is 14.4 Å². The number of para-hydroxylation sites is 1. The smallest absolute Gasteiger partial charge is 0.408 e. The van der Waals surface area contributed by atoms with Gasteiger partial charge in [0, 0.05) is 30.5 Å². The fourth-order valence-electron chi connectivity index (χ4n) is 4.43. The summed E-state index contributed by atoms with van der Waals surface area (Å²) in [4.78, 5) is 41.2. The van der Waals surface area contributed by atoms with Crippen molar-refractivity contribution in [1.82, 2.24) is 20.1 Å². The van der Waals surface area contributed by atoms with E-state index in [1.807, 2.05) is 59.3 Å². The lowest BCUT2D eigenvalue weighted by atomic mass is 10.0. The lowest BCUT2D eigenvalue weighted by Gasteiger charge is -2.31. The van der Waals surface area contributed by atoms with Crippen molar-refractivity contribution < 1.29 is 19.1 Å². The molecule has 9 nitrogen and oxygen atoms in total. The van der Waals surface area contributed by atoms with Gasteiger partial charge in [0.05, 0.1) is 6.54 Å². The highest BCUT2D eigenvalue weighted by molar-refractivity contribution is 5.94. The van der Waals surface area contributed by atoms with Crippen LogP contribution in [0.2, 0.25) is 0 Å². The van der Waals surface area contributed by atoms with Gasteiger partial charge in [0.2, 0.25) is 11.8 Å². The molecule has 2 aromatic carbocycles. The van der Waals surface area contributed by atoms with E-state index in [0.29, 0.717) is 18.8 Å². The van der Waals surface area contributed by atoms with Gasteiger partial charge in [-0.15, -0.1) is 0 Å². The third kappa shape index (κ3) is 6.04. The molecule has 37 heavy (non-hydrogen) atoms. The fraction of sp³-hybridized carbons (Fsp3) is 0.393. The third-order valence-electron chi connectivity index (χ3n) is 6.31. The molecule has 0 saturated carbocycles. The summed E-state index contributed by atoms with van der Waals surface area (Å²) in [5, 5.41) is 6.55. The van der Waals surface area contributed by atoms with Crippen LogP contribution in [0.25, 0.3) is 10.9 Å². The van der Waals surface area contributed by atoms with E-state index >= 15 is 0 Å². The van der Waals surface area contributed by atoms with E-state index in [-0.39, 0.29) is 12.5 Å². The van der Waals surface area contributed by atoms with Crippen LogP contribution >= 0.6 is 0 Å². The maximum absolute atomic E-state index is 13.8. The number of ether oxygens (including phenoxy) is 1. The van der Waals surface area contributed by atoms with E-state index in [1.54, 1.807) is 39.5 Å². The molecule has 1 aliphatic heterocycles. The molecule has 0 spiro atoms. The Hall–Kier alpha value is -4.01. The number of nitrogens with one attached hydrogen (secondary N) is 2. The minimum atomic E-state index is -1.32. The monoisotopic (exact) mass is 505 g/mol. The molecule has 1 atom stereocenters. The molecule has 0 unspecified atom stereocenters. The predicted octanol–water partition coefficient (Wildman–Crippen LogP) is 3.55. The Morgan fingerprint density at radius 2 is 1.70 bits per heavy atom. The van der Waals surface area contributed by atoms with Crippen LogP contribution in [0.3, 0.4) is 0 Å². The Labute approximate surface area is 216 Å². The van der Waals surface area contributed by atoms with Crippen LogP contribution in [0.1, 0.15) is 45.7 Å². The Morgan fingerprint density at radius 3 is 2.43 bits per heavy atom. The number of alkyl carbamates (subject to hydrolysis) is 1. The predicted molar refractivity (Wildman–Crippen MR) is 142 cm³/mol. The Bertz CT molecular complexity index is 1340. The summed E-state index contributed by atoms with van der Waals surface area (Å²) in [6.07, 6.45) is 1.19. The van der Waals surface area contributed by atoms with Crippen molar-refractivity contribution in [2.24, 2.45) is 0 Å². The number of hydrogen-bond donors (Lipinski definition) is 3. The summed E-state index contributed by atoms with van der Waals surface area (Å²) in [6, 6.07) is 14.6. The summed E-state index contributed by atoms with van der Waals surface area (Å²) >= 11 is 0. The normalized spacial score (nSPS) is 14.2. The number of carbonyl (C=O) groups is 3. The lowest BCUT2D eigenvalue weighted by molar-refractivity contribution is -0.138. The maximum Gasteiger partial charge on any atom is 0.408 e. The highest BCUT2D eigenvalue weighted by Gasteiger charge is 2.36. The van der Waals surface area contributed by atoms with Gasteiger partial charge in [-0.05, 0) is 75.4 Å². The lowest BCUT2D eigenvalue weighted by Crippen LogP contribution is -2.60. The van der Waals surface area contributed by atoms with Crippen molar-refractivity contribution >= 4 is 34.5 Å². The first kappa shape index (κ1) is 26.1. The molecular weight excluding hydrogens is 470 g/mol. The first-order chi connectivity index (χ1) is 17.3.